The van der Waals surface area contributed by atoms with Gasteiger partial charge in [-0.25, -0.2) is 4.79 Å². The smallest absolute Gasteiger partial charge is 0.335 e. The number of carboxylic acid groups (broad SMARTS) is 1. The van der Waals surface area contributed by atoms with Gasteiger partial charge in [-0.1, -0.05) is 0 Å². The molecule has 104 valence electrons. The van der Waals surface area contributed by atoms with Crippen molar-refractivity contribution in [3.8, 4) is 0 Å². The number of aromatic carboxylic acids is 1. The van der Waals surface area contributed by atoms with Gasteiger partial charge < -0.3 is 19.8 Å². The van der Waals surface area contributed by atoms with Crippen molar-refractivity contribution in [3.63, 3.8) is 0 Å². The van der Waals surface area contributed by atoms with Crippen molar-refractivity contribution in [1.29, 1.82) is 0 Å². The van der Waals surface area contributed by atoms with Crippen LogP contribution in [-0.2, 0) is 11.2 Å². The Morgan fingerprint density at radius 2 is 2.21 bits per heavy atom. The number of aliphatic hydroxyl groups excluding tert-OH is 1. The zero-order chi connectivity index (χ0) is 13.7. The lowest BCUT2D eigenvalue weighted by molar-refractivity contribution is 0.0696. The van der Waals surface area contributed by atoms with E-state index in [0.717, 1.165) is 37.2 Å². The van der Waals surface area contributed by atoms with Crippen LogP contribution in [0.3, 0.4) is 0 Å². The highest BCUT2D eigenvalue weighted by Gasteiger charge is 2.18. The Hall–Kier alpha value is -1.59. The molecule has 0 radical (unpaired) electrons. The third-order valence-electron chi connectivity index (χ3n) is 3.28. The van der Waals surface area contributed by atoms with Gasteiger partial charge in [0.15, 0.2) is 0 Å². The number of nitrogens with zero attached hydrogens (tertiary/aromatic N) is 1. The van der Waals surface area contributed by atoms with Crippen LogP contribution in [0.25, 0.3) is 0 Å². The van der Waals surface area contributed by atoms with E-state index in [2.05, 4.69) is 4.90 Å². The zero-order valence-electron chi connectivity index (χ0n) is 10.8. The molecule has 1 aliphatic heterocycles. The molecule has 0 aliphatic carbocycles. The van der Waals surface area contributed by atoms with Crippen LogP contribution in [0, 0.1) is 0 Å². The molecule has 0 saturated carbocycles. The largest absolute Gasteiger partial charge is 0.478 e. The van der Waals surface area contributed by atoms with Crippen molar-refractivity contribution in [1.82, 2.24) is 0 Å². The molecule has 5 nitrogen and oxygen atoms in total. The molecule has 1 aromatic rings. The Morgan fingerprint density at radius 1 is 1.37 bits per heavy atom. The van der Waals surface area contributed by atoms with Crippen LogP contribution in [0.2, 0.25) is 0 Å². The highest BCUT2D eigenvalue weighted by molar-refractivity contribution is 5.88. The van der Waals surface area contributed by atoms with Gasteiger partial charge in [-0.2, -0.15) is 0 Å². The average Bonchev–Trinajstić information content (AvgIpc) is 2.43. The highest BCUT2D eigenvalue weighted by atomic mass is 16.5. The Kier molecular flexibility index (Phi) is 4.76. The van der Waals surface area contributed by atoms with Crippen molar-refractivity contribution in [3.05, 3.63) is 29.3 Å². The maximum absolute atomic E-state index is 11.0. The third kappa shape index (κ3) is 3.45. The SMILES string of the molecule is O=C(O)c1ccc2c(c1)CCCN2CCOCCO. The number of carbonyl (C=O) groups is 1. The molecular formula is C14H19NO4. The Balaban J connectivity index is 2.04. The number of hydrogen-bond donors (Lipinski definition) is 2. The first-order valence-electron chi connectivity index (χ1n) is 6.52. The Labute approximate surface area is 112 Å². The van der Waals surface area contributed by atoms with E-state index in [9.17, 15) is 4.79 Å². The van der Waals surface area contributed by atoms with Crippen molar-refractivity contribution in [2.24, 2.45) is 0 Å². The first-order chi connectivity index (χ1) is 9.22. The maximum Gasteiger partial charge on any atom is 0.335 e. The first kappa shape index (κ1) is 13.8. The topological polar surface area (TPSA) is 70.0 Å². The predicted molar refractivity (Wildman–Crippen MR) is 71.8 cm³/mol. The second-order valence-corrected chi connectivity index (χ2v) is 4.58. The summed E-state index contributed by atoms with van der Waals surface area (Å²) in [5, 5.41) is 17.6. The second-order valence-electron chi connectivity index (χ2n) is 4.58. The summed E-state index contributed by atoms with van der Waals surface area (Å²) in [5.74, 6) is -0.883. The number of aryl methyl sites for hydroxylation is 1. The molecule has 2 rings (SSSR count). The monoisotopic (exact) mass is 265 g/mol. The fourth-order valence-electron chi connectivity index (χ4n) is 2.38. The molecule has 1 heterocycles. The zero-order valence-corrected chi connectivity index (χ0v) is 10.8. The molecule has 0 spiro atoms. The van der Waals surface area contributed by atoms with E-state index in [0.29, 0.717) is 18.8 Å². The fraction of sp³-hybridized carbons (Fsp3) is 0.500. The van der Waals surface area contributed by atoms with Crippen molar-refractivity contribution >= 4 is 11.7 Å². The summed E-state index contributed by atoms with van der Waals surface area (Å²) in [5.41, 5.74) is 2.54. The van der Waals surface area contributed by atoms with Gasteiger partial charge in [0.1, 0.15) is 0 Å². The molecule has 0 amide bonds. The normalized spacial score (nSPS) is 14.3. The molecule has 0 aromatic heterocycles. The number of aliphatic hydroxyl groups is 1. The lowest BCUT2D eigenvalue weighted by Gasteiger charge is -2.31. The van der Waals surface area contributed by atoms with Gasteiger partial charge in [-0.15, -0.1) is 0 Å². The Bertz CT molecular complexity index is 447. The van der Waals surface area contributed by atoms with Crippen LogP contribution in [0.4, 0.5) is 5.69 Å². The van der Waals surface area contributed by atoms with Crippen LogP contribution in [0.1, 0.15) is 22.3 Å². The van der Waals surface area contributed by atoms with Gasteiger partial charge in [-0.05, 0) is 36.6 Å². The van der Waals surface area contributed by atoms with Crippen molar-refractivity contribution < 1.29 is 19.7 Å². The quantitative estimate of drug-likeness (QED) is 0.755. The molecule has 0 atom stereocenters. The first-order valence-corrected chi connectivity index (χ1v) is 6.52. The highest BCUT2D eigenvalue weighted by Crippen LogP contribution is 2.27. The van der Waals surface area contributed by atoms with Crippen LogP contribution in [0.5, 0.6) is 0 Å². The number of benzene rings is 1. The number of ether oxygens (including phenoxy) is 1. The summed E-state index contributed by atoms with van der Waals surface area (Å²) in [4.78, 5) is 13.2. The Morgan fingerprint density at radius 3 is 2.95 bits per heavy atom. The minimum Gasteiger partial charge on any atom is -0.478 e. The summed E-state index contributed by atoms with van der Waals surface area (Å²) >= 11 is 0. The van der Waals surface area contributed by atoms with Crippen LogP contribution < -0.4 is 4.90 Å². The fourth-order valence-corrected chi connectivity index (χ4v) is 2.38. The molecule has 0 saturated heterocycles. The molecule has 1 aliphatic rings. The minimum absolute atomic E-state index is 0.0402. The summed E-state index contributed by atoms with van der Waals surface area (Å²) in [7, 11) is 0. The van der Waals surface area contributed by atoms with Crippen LogP contribution >= 0.6 is 0 Å². The molecule has 19 heavy (non-hydrogen) atoms. The van der Waals surface area contributed by atoms with Gasteiger partial charge >= 0.3 is 5.97 Å². The standard InChI is InChI=1S/C14H19NO4/c16-7-9-19-8-6-15-5-1-2-11-10-12(14(17)18)3-4-13(11)15/h3-4,10,16H,1-2,5-9H2,(H,17,18). The lowest BCUT2D eigenvalue weighted by Crippen LogP contribution is -2.32. The predicted octanol–water partition coefficient (Wildman–Crippen LogP) is 1.15. The molecule has 0 fully saturated rings. The number of rotatable bonds is 6. The molecule has 0 bridgehead atoms. The van der Waals surface area contributed by atoms with Crippen molar-refractivity contribution in [2.75, 3.05) is 37.8 Å². The molecule has 0 unspecified atom stereocenters. The third-order valence-corrected chi connectivity index (χ3v) is 3.28. The summed E-state index contributed by atoms with van der Waals surface area (Å²) < 4.78 is 5.28. The van der Waals surface area contributed by atoms with Crippen LogP contribution in [0.15, 0.2) is 18.2 Å². The van der Waals surface area contributed by atoms with E-state index < -0.39 is 5.97 Å². The van der Waals surface area contributed by atoms with E-state index in [1.165, 1.54) is 0 Å². The van der Waals surface area contributed by atoms with Gasteiger partial charge in [0.05, 0.1) is 25.4 Å². The van der Waals surface area contributed by atoms with Gasteiger partial charge in [-0.3, -0.25) is 0 Å². The van der Waals surface area contributed by atoms with Gasteiger partial charge in [0.2, 0.25) is 0 Å². The van der Waals surface area contributed by atoms with Crippen LogP contribution in [-0.4, -0.2) is 49.1 Å². The summed E-state index contributed by atoms with van der Waals surface area (Å²) in [6.45, 7) is 2.69. The van der Waals surface area contributed by atoms with Gasteiger partial charge in [0.25, 0.3) is 0 Å². The van der Waals surface area contributed by atoms with E-state index in [1.54, 1.807) is 12.1 Å². The molecular weight excluding hydrogens is 246 g/mol. The minimum atomic E-state index is -0.883. The van der Waals surface area contributed by atoms with E-state index in [4.69, 9.17) is 14.9 Å². The maximum atomic E-state index is 11.0. The number of anilines is 1. The second kappa shape index (κ2) is 6.54. The van der Waals surface area contributed by atoms with E-state index in [-0.39, 0.29) is 6.61 Å². The summed E-state index contributed by atoms with van der Waals surface area (Å²) in [6.07, 6.45) is 1.94. The number of fused-ring (bicyclic) bond motifs is 1. The molecule has 1 aromatic carbocycles. The molecule has 5 heteroatoms. The average molecular weight is 265 g/mol. The number of hydrogen-bond acceptors (Lipinski definition) is 4. The van der Waals surface area contributed by atoms with E-state index >= 15 is 0 Å². The lowest BCUT2D eigenvalue weighted by atomic mass is 9.99. The van der Waals surface area contributed by atoms with E-state index in [1.807, 2.05) is 6.07 Å². The summed E-state index contributed by atoms with van der Waals surface area (Å²) in [6, 6.07) is 5.29. The molecule has 2 N–H and O–H groups in total. The van der Waals surface area contributed by atoms with Crippen molar-refractivity contribution in [2.45, 2.75) is 12.8 Å². The number of carboxylic acids is 1. The van der Waals surface area contributed by atoms with Gasteiger partial charge in [0, 0.05) is 18.8 Å².